The second-order valence-corrected chi connectivity index (χ2v) is 7.77. The highest BCUT2D eigenvalue weighted by Crippen LogP contribution is 2.57. The van der Waals surface area contributed by atoms with Crippen molar-refractivity contribution in [1.29, 1.82) is 0 Å². The van der Waals surface area contributed by atoms with Crippen molar-refractivity contribution in [1.82, 2.24) is 0 Å². The van der Waals surface area contributed by atoms with Crippen LogP contribution >= 0.6 is 0 Å². The summed E-state index contributed by atoms with van der Waals surface area (Å²) in [7, 11) is 0. The van der Waals surface area contributed by atoms with Crippen LogP contribution in [0.25, 0.3) is 0 Å². The number of hydrogen-bond acceptors (Lipinski definition) is 3. The van der Waals surface area contributed by atoms with E-state index < -0.39 is 0 Å². The second kappa shape index (κ2) is 5.58. The molecule has 2 heterocycles. The highest BCUT2D eigenvalue weighted by molar-refractivity contribution is 5.62. The van der Waals surface area contributed by atoms with Crippen molar-refractivity contribution in [3.63, 3.8) is 0 Å². The first-order valence-corrected chi connectivity index (χ1v) is 9.26. The monoisotopic (exact) mass is 334 g/mol. The second-order valence-electron chi connectivity index (χ2n) is 7.77. The van der Waals surface area contributed by atoms with Gasteiger partial charge in [0.05, 0.1) is 0 Å². The molecule has 2 aliphatic heterocycles. The Balaban J connectivity index is 1.62. The molecule has 0 N–H and O–H groups in total. The van der Waals surface area contributed by atoms with Gasteiger partial charge in [0.25, 0.3) is 0 Å². The van der Waals surface area contributed by atoms with Gasteiger partial charge in [-0.3, -0.25) is 10.1 Å². The molecule has 0 radical (unpaired) electrons. The van der Waals surface area contributed by atoms with Gasteiger partial charge >= 0.3 is 0 Å². The average Bonchev–Trinajstić information content (AvgIpc) is 3.20. The minimum Gasteiger partial charge on any atom is -0.367 e. The molecule has 5 atom stereocenters. The van der Waals surface area contributed by atoms with Gasteiger partial charge in [-0.15, -0.1) is 0 Å². The Bertz CT molecular complexity index is 807. The van der Waals surface area contributed by atoms with Gasteiger partial charge in [-0.1, -0.05) is 48.5 Å². The van der Waals surface area contributed by atoms with Crippen LogP contribution in [0.4, 0.5) is 5.69 Å². The highest BCUT2D eigenvalue weighted by atomic mass is 16.6. The number of para-hydroxylation sites is 1. The summed E-state index contributed by atoms with van der Waals surface area (Å²) in [5.41, 5.74) is 4.09. The quantitative estimate of drug-likeness (QED) is 0.631. The average molecular weight is 334 g/mol. The van der Waals surface area contributed by atoms with Gasteiger partial charge in [0.2, 0.25) is 6.54 Å². The van der Waals surface area contributed by atoms with Crippen molar-refractivity contribution in [3.05, 3.63) is 75.8 Å². The molecule has 0 aromatic heterocycles. The van der Waals surface area contributed by atoms with Crippen molar-refractivity contribution >= 4 is 5.69 Å². The van der Waals surface area contributed by atoms with Gasteiger partial charge in [0.15, 0.2) is 0 Å². The van der Waals surface area contributed by atoms with Crippen molar-refractivity contribution in [3.8, 4) is 0 Å². The van der Waals surface area contributed by atoms with Crippen LogP contribution in [0.15, 0.2) is 54.6 Å². The van der Waals surface area contributed by atoms with Gasteiger partial charge in [0.1, 0.15) is 0 Å². The van der Waals surface area contributed by atoms with E-state index in [1.807, 2.05) is 0 Å². The van der Waals surface area contributed by atoms with Crippen LogP contribution in [-0.2, 0) is 0 Å². The normalized spacial score (nSPS) is 32.3. The predicted octanol–water partition coefficient (Wildman–Crippen LogP) is 3.94. The molecule has 4 nitrogen and oxygen atoms in total. The van der Waals surface area contributed by atoms with E-state index in [0.29, 0.717) is 23.8 Å². The van der Waals surface area contributed by atoms with E-state index in [9.17, 15) is 10.1 Å². The van der Waals surface area contributed by atoms with E-state index in [2.05, 4.69) is 59.5 Å². The summed E-state index contributed by atoms with van der Waals surface area (Å²) in [4.78, 5) is 13.5. The lowest BCUT2D eigenvalue weighted by Gasteiger charge is -2.43. The van der Waals surface area contributed by atoms with Crippen LogP contribution in [-0.4, -0.2) is 24.1 Å². The largest absolute Gasteiger partial charge is 0.367 e. The number of fused-ring (bicyclic) bond motifs is 2. The lowest BCUT2D eigenvalue weighted by molar-refractivity contribution is -0.488. The van der Waals surface area contributed by atoms with E-state index in [1.165, 1.54) is 23.2 Å². The van der Waals surface area contributed by atoms with Crippen molar-refractivity contribution in [2.24, 2.45) is 17.8 Å². The molecule has 1 saturated carbocycles. The number of nitro groups is 1. The predicted molar refractivity (Wildman–Crippen MR) is 97.4 cm³/mol. The molecular weight excluding hydrogens is 312 g/mol. The molecule has 1 aliphatic carbocycles. The number of hydrogen-bond donors (Lipinski definition) is 0. The molecule has 0 bridgehead atoms. The molecule has 128 valence electrons. The highest BCUT2D eigenvalue weighted by Gasteiger charge is 2.56. The smallest absolute Gasteiger partial charge is 0.208 e. The van der Waals surface area contributed by atoms with Crippen LogP contribution in [0.1, 0.15) is 29.9 Å². The Morgan fingerprint density at radius 3 is 2.52 bits per heavy atom. The summed E-state index contributed by atoms with van der Waals surface area (Å²) in [5, 5.41) is 11.2. The van der Waals surface area contributed by atoms with Crippen molar-refractivity contribution in [2.75, 3.05) is 18.0 Å². The van der Waals surface area contributed by atoms with E-state index in [0.717, 1.165) is 13.0 Å². The fraction of sp³-hybridized carbons (Fsp3) is 0.429. The van der Waals surface area contributed by atoms with Crippen molar-refractivity contribution < 1.29 is 4.92 Å². The lowest BCUT2D eigenvalue weighted by Crippen LogP contribution is -2.42. The molecule has 0 spiro atoms. The van der Waals surface area contributed by atoms with Crippen molar-refractivity contribution in [2.45, 2.75) is 24.8 Å². The van der Waals surface area contributed by atoms with Crippen LogP contribution < -0.4 is 4.90 Å². The first-order valence-electron chi connectivity index (χ1n) is 9.26. The molecule has 2 aromatic rings. The third-order valence-corrected chi connectivity index (χ3v) is 6.66. The number of anilines is 1. The summed E-state index contributed by atoms with van der Waals surface area (Å²) < 4.78 is 0. The van der Waals surface area contributed by atoms with Crippen LogP contribution in [0.3, 0.4) is 0 Å². The molecular formula is C21H22N2O2. The minimum atomic E-state index is -0.114. The first-order chi connectivity index (χ1) is 12.2. The number of rotatable bonds is 3. The van der Waals surface area contributed by atoms with E-state index in [4.69, 9.17) is 0 Å². The fourth-order valence-electron chi connectivity index (χ4n) is 5.87. The summed E-state index contributed by atoms with van der Waals surface area (Å²) in [5.74, 6) is 1.64. The minimum absolute atomic E-state index is 0.114. The van der Waals surface area contributed by atoms with Crippen LogP contribution in [0, 0.1) is 27.9 Å². The summed E-state index contributed by atoms with van der Waals surface area (Å²) in [6, 6.07) is 20.0. The van der Waals surface area contributed by atoms with E-state index in [1.54, 1.807) is 0 Å². The zero-order valence-corrected chi connectivity index (χ0v) is 14.1. The zero-order chi connectivity index (χ0) is 17.0. The topological polar surface area (TPSA) is 46.4 Å². The Hall–Kier alpha value is -2.36. The maximum absolute atomic E-state index is 11.2. The Morgan fingerprint density at radius 2 is 1.72 bits per heavy atom. The maximum Gasteiger partial charge on any atom is 0.208 e. The molecule has 4 heteroatoms. The standard InChI is InChI=1S/C21H22N2O2/c24-23(25)13-15-12-22-19-9-5-4-8-17(19)20(14-6-2-1-3-7-14)18-11-10-16(15)21(18)22/h1-9,15-16,18,20-21H,10-13H2/t15-,16+,18-,20+,21+/m0/s1. The molecule has 1 saturated heterocycles. The lowest BCUT2D eigenvalue weighted by atomic mass is 9.73. The Kier molecular flexibility index (Phi) is 3.34. The molecule has 3 aliphatic rings. The maximum atomic E-state index is 11.2. The summed E-state index contributed by atoms with van der Waals surface area (Å²) >= 11 is 0. The van der Waals surface area contributed by atoms with Crippen LogP contribution in [0.2, 0.25) is 0 Å². The molecule has 2 fully saturated rings. The summed E-state index contributed by atoms with van der Waals surface area (Å²) in [6.07, 6.45) is 2.30. The fourth-order valence-corrected chi connectivity index (χ4v) is 5.87. The third kappa shape index (κ3) is 2.20. The van der Waals surface area contributed by atoms with Gasteiger partial charge in [-0.25, -0.2) is 0 Å². The molecule has 0 amide bonds. The Morgan fingerprint density at radius 1 is 1.00 bits per heavy atom. The Labute approximate surface area is 147 Å². The molecule has 0 unspecified atom stereocenters. The molecule has 2 aromatic carbocycles. The van der Waals surface area contributed by atoms with Gasteiger partial charge in [0, 0.05) is 35.0 Å². The molecule has 5 rings (SSSR count). The first kappa shape index (κ1) is 14.9. The van der Waals surface area contributed by atoms with E-state index >= 15 is 0 Å². The molecule has 25 heavy (non-hydrogen) atoms. The summed E-state index contributed by atoms with van der Waals surface area (Å²) in [6.45, 7) is 0.952. The zero-order valence-electron chi connectivity index (χ0n) is 14.1. The third-order valence-electron chi connectivity index (χ3n) is 6.66. The SMILES string of the molecule is O=[N+]([O-])C[C@@H]1CN2c3ccccc3[C@@H](c3ccccc3)[C@@H]3CC[C@H]1[C@H]32. The van der Waals surface area contributed by atoms with Gasteiger partial charge in [-0.05, 0) is 41.9 Å². The van der Waals surface area contributed by atoms with Crippen LogP contribution in [0.5, 0.6) is 0 Å². The number of nitrogens with zero attached hydrogens (tertiary/aromatic N) is 2. The van der Waals surface area contributed by atoms with Gasteiger partial charge < -0.3 is 4.90 Å². The number of benzene rings is 2. The van der Waals surface area contributed by atoms with E-state index in [-0.39, 0.29) is 17.4 Å². The van der Waals surface area contributed by atoms with Gasteiger partial charge in [-0.2, -0.15) is 0 Å².